The van der Waals surface area contributed by atoms with Crippen LogP contribution in [-0.2, 0) is 16.6 Å². The number of pyridine rings is 1. The number of nitrogens with zero attached hydrogens (tertiary/aromatic N) is 1. The molecule has 1 saturated carbocycles. The van der Waals surface area contributed by atoms with Crippen molar-refractivity contribution in [2.75, 3.05) is 0 Å². The minimum absolute atomic E-state index is 0.0367. The second kappa shape index (κ2) is 6.21. The predicted molar refractivity (Wildman–Crippen MR) is 90.6 cm³/mol. The molecule has 0 saturated heterocycles. The first-order valence-electron chi connectivity index (χ1n) is 7.55. The molecule has 4 heteroatoms. The van der Waals surface area contributed by atoms with Gasteiger partial charge in [0.05, 0.1) is 6.42 Å². The summed E-state index contributed by atoms with van der Waals surface area (Å²) in [4.78, 5) is 16.4. The number of nitrogens with one attached hydrogen (secondary N) is 1. The summed E-state index contributed by atoms with van der Waals surface area (Å²) in [5.74, 6) is 0.0367. The Kier molecular flexibility index (Phi) is 4.30. The number of amides is 1. The van der Waals surface area contributed by atoms with Gasteiger partial charge in [0.15, 0.2) is 0 Å². The Labute approximate surface area is 139 Å². The third kappa shape index (κ3) is 3.22. The quantitative estimate of drug-likeness (QED) is 0.886. The van der Waals surface area contributed by atoms with Gasteiger partial charge in [0.2, 0.25) is 5.91 Å². The molecule has 1 aromatic carbocycles. The second-order valence-electron chi connectivity index (χ2n) is 5.95. The lowest BCUT2D eigenvalue weighted by Gasteiger charge is -2.25. The molecule has 3 rings (SSSR count). The summed E-state index contributed by atoms with van der Waals surface area (Å²) in [6.45, 7) is 2.10. The predicted octanol–water partition coefficient (Wildman–Crippen LogP) is 3.62. The van der Waals surface area contributed by atoms with E-state index in [1.807, 2.05) is 18.2 Å². The van der Waals surface area contributed by atoms with Crippen molar-refractivity contribution in [2.24, 2.45) is 0 Å². The zero-order valence-corrected chi connectivity index (χ0v) is 14.1. The maximum Gasteiger partial charge on any atom is 0.226 e. The molecule has 1 heterocycles. The van der Waals surface area contributed by atoms with Crippen molar-refractivity contribution < 1.29 is 4.79 Å². The number of aromatic nitrogens is 1. The van der Waals surface area contributed by atoms with Crippen molar-refractivity contribution in [1.29, 1.82) is 0 Å². The van der Waals surface area contributed by atoms with Gasteiger partial charge in [-0.25, -0.2) is 0 Å². The monoisotopic (exact) mass is 358 g/mol. The van der Waals surface area contributed by atoms with E-state index in [1.54, 1.807) is 6.20 Å². The topological polar surface area (TPSA) is 42.0 Å². The Morgan fingerprint density at radius 2 is 2.00 bits per heavy atom. The average Bonchev–Trinajstić information content (AvgIpc) is 3.30. The fourth-order valence-electron chi connectivity index (χ4n) is 2.99. The Morgan fingerprint density at radius 3 is 2.59 bits per heavy atom. The van der Waals surface area contributed by atoms with Crippen LogP contribution in [0.4, 0.5) is 0 Å². The maximum absolute atomic E-state index is 12.2. The van der Waals surface area contributed by atoms with Gasteiger partial charge in [-0.15, -0.1) is 0 Å². The number of hydrogen-bond acceptors (Lipinski definition) is 2. The van der Waals surface area contributed by atoms with Crippen molar-refractivity contribution >= 4 is 21.8 Å². The molecule has 1 aliphatic carbocycles. The van der Waals surface area contributed by atoms with Crippen LogP contribution >= 0.6 is 15.9 Å². The van der Waals surface area contributed by atoms with Crippen LogP contribution in [0.5, 0.6) is 0 Å². The molecular formula is C18H19BrN2O. The SMILES string of the molecule is CC(NC(=O)Cc1ccccn1)C1(c2ccc(Br)cc2)CC1. The van der Waals surface area contributed by atoms with Crippen LogP contribution in [0.2, 0.25) is 0 Å². The zero-order chi connectivity index (χ0) is 15.6. The Morgan fingerprint density at radius 1 is 1.27 bits per heavy atom. The van der Waals surface area contributed by atoms with E-state index < -0.39 is 0 Å². The fraction of sp³-hybridized carbons (Fsp3) is 0.333. The van der Waals surface area contributed by atoms with Crippen LogP contribution in [0.15, 0.2) is 53.1 Å². The highest BCUT2D eigenvalue weighted by molar-refractivity contribution is 9.10. The number of benzene rings is 1. The lowest BCUT2D eigenvalue weighted by atomic mass is 9.89. The molecule has 1 aromatic heterocycles. The second-order valence-corrected chi connectivity index (χ2v) is 6.87. The molecular weight excluding hydrogens is 340 g/mol. The molecule has 0 radical (unpaired) electrons. The minimum Gasteiger partial charge on any atom is -0.352 e. The molecule has 1 N–H and O–H groups in total. The normalized spacial score (nSPS) is 16.8. The lowest BCUT2D eigenvalue weighted by Crippen LogP contribution is -2.42. The van der Waals surface area contributed by atoms with E-state index >= 15 is 0 Å². The first-order valence-corrected chi connectivity index (χ1v) is 8.35. The van der Waals surface area contributed by atoms with Crippen LogP contribution in [0.3, 0.4) is 0 Å². The molecule has 114 valence electrons. The number of halogens is 1. The van der Waals surface area contributed by atoms with Crippen molar-refractivity contribution in [3.05, 3.63) is 64.4 Å². The molecule has 3 nitrogen and oxygen atoms in total. The van der Waals surface area contributed by atoms with Gasteiger partial charge in [-0.3, -0.25) is 9.78 Å². The Balaban J connectivity index is 1.65. The zero-order valence-electron chi connectivity index (χ0n) is 12.6. The Bertz CT molecular complexity index is 651. The van der Waals surface area contributed by atoms with Crippen molar-refractivity contribution in [3.63, 3.8) is 0 Å². The highest BCUT2D eigenvalue weighted by Crippen LogP contribution is 2.51. The largest absolute Gasteiger partial charge is 0.352 e. The van der Waals surface area contributed by atoms with Crippen molar-refractivity contribution in [1.82, 2.24) is 10.3 Å². The van der Waals surface area contributed by atoms with Gasteiger partial charge in [0.1, 0.15) is 0 Å². The van der Waals surface area contributed by atoms with Crippen LogP contribution in [0.25, 0.3) is 0 Å². The van der Waals surface area contributed by atoms with Crippen LogP contribution in [-0.4, -0.2) is 16.9 Å². The maximum atomic E-state index is 12.2. The van der Waals surface area contributed by atoms with Gasteiger partial charge in [0, 0.05) is 27.8 Å². The van der Waals surface area contributed by atoms with Gasteiger partial charge >= 0.3 is 0 Å². The van der Waals surface area contributed by atoms with E-state index in [9.17, 15) is 4.79 Å². The number of carbonyl (C=O) groups is 1. The summed E-state index contributed by atoms with van der Waals surface area (Å²) in [7, 11) is 0. The van der Waals surface area contributed by atoms with E-state index in [-0.39, 0.29) is 17.4 Å². The minimum atomic E-state index is 0.0367. The highest BCUT2D eigenvalue weighted by Gasteiger charge is 2.49. The van der Waals surface area contributed by atoms with Crippen LogP contribution in [0.1, 0.15) is 31.0 Å². The molecule has 1 atom stereocenters. The van der Waals surface area contributed by atoms with Gasteiger partial charge in [0.25, 0.3) is 0 Å². The molecule has 1 fully saturated rings. The highest BCUT2D eigenvalue weighted by atomic mass is 79.9. The smallest absolute Gasteiger partial charge is 0.226 e. The standard InChI is InChI=1S/C18H19BrN2O/c1-13(21-17(22)12-16-4-2-3-11-20-16)18(9-10-18)14-5-7-15(19)8-6-14/h2-8,11,13H,9-10,12H2,1H3,(H,21,22). The molecule has 0 spiro atoms. The van der Waals surface area contributed by atoms with E-state index in [0.717, 1.165) is 23.0 Å². The first-order chi connectivity index (χ1) is 10.6. The van der Waals surface area contributed by atoms with E-state index in [2.05, 4.69) is 57.4 Å². The number of hydrogen-bond donors (Lipinski definition) is 1. The van der Waals surface area contributed by atoms with E-state index in [4.69, 9.17) is 0 Å². The molecule has 2 aromatic rings. The first kappa shape index (κ1) is 15.2. The average molecular weight is 359 g/mol. The summed E-state index contributed by atoms with van der Waals surface area (Å²) in [5, 5.41) is 3.15. The summed E-state index contributed by atoms with van der Waals surface area (Å²) in [6, 6.07) is 14.2. The van der Waals surface area contributed by atoms with Gasteiger partial charge in [-0.05, 0) is 49.6 Å². The number of rotatable bonds is 5. The Hall–Kier alpha value is -1.68. The summed E-state index contributed by atoms with van der Waals surface area (Å²) in [5.41, 5.74) is 2.21. The summed E-state index contributed by atoms with van der Waals surface area (Å²) in [6.07, 6.45) is 4.30. The fourth-order valence-corrected chi connectivity index (χ4v) is 3.25. The third-order valence-electron chi connectivity index (χ3n) is 4.48. The molecule has 1 aliphatic rings. The van der Waals surface area contributed by atoms with Crippen molar-refractivity contribution in [2.45, 2.75) is 37.6 Å². The summed E-state index contributed by atoms with van der Waals surface area (Å²) < 4.78 is 1.08. The van der Waals surface area contributed by atoms with Gasteiger partial charge < -0.3 is 5.32 Å². The van der Waals surface area contributed by atoms with Gasteiger partial charge in [-0.2, -0.15) is 0 Å². The van der Waals surface area contributed by atoms with Gasteiger partial charge in [-0.1, -0.05) is 34.1 Å². The molecule has 0 bridgehead atoms. The van der Waals surface area contributed by atoms with Crippen LogP contribution < -0.4 is 5.32 Å². The molecule has 1 unspecified atom stereocenters. The lowest BCUT2D eigenvalue weighted by molar-refractivity contribution is -0.121. The molecule has 0 aliphatic heterocycles. The van der Waals surface area contributed by atoms with E-state index in [0.29, 0.717) is 6.42 Å². The molecule has 22 heavy (non-hydrogen) atoms. The van der Waals surface area contributed by atoms with Crippen molar-refractivity contribution in [3.8, 4) is 0 Å². The third-order valence-corrected chi connectivity index (χ3v) is 5.01. The molecule has 1 amide bonds. The van der Waals surface area contributed by atoms with Crippen LogP contribution in [0, 0.1) is 0 Å². The summed E-state index contributed by atoms with van der Waals surface area (Å²) >= 11 is 3.47. The van der Waals surface area contributed by atoms with E-state index in [1.165, 1.54) is 5.56 Å². The number of carbonyl (C=O) groups excluding carboxylic acids is 1.